The highest BCUT2D eigenvalue weighted by Gasteiger charge is 2.56. The van der Waals surface area contributed by atoms with Gasteiger partial charge >= 0.3 is 0 Å². The number of hydrogen-bond acceptors (Lipinski definition) is 6. The third-order valence-corrected chi connectivity index (χ3v) is 8.73. The summed E-state index contributed by atoms with van der Waals surface area (Å²) >= 11 is 0. The van der Waals surface area contributed by atoms with Crippen molar-refractivity contribution >= 4 is 29.1 Å². The van der Waals surface area contributed by atoms with Gasteiger partial charge in [-0.1, -0.05) is 42.8 Å². The fourth-order valence-corrected chi connectivity index (χ4v) is 6.79. The number of carbonyl (C=O) groups is 4. The third kappa shape index (κ3) is 3.63. The number of ether oxygens (including phenoxy) is 1. The third-order valence-electron chi connectivity index (χ3n) is 8.73. The van der Waals surface area contributed by atoms with Crippen LogP contribution in [0.5, 0.6) is 11.5 Å². The standard InChI is InChI=1S/C32H29NO6/c1-4-17-8-10-18(11-9-17)33-31(37)21-13-12-19-22(27(21)32(33)38)15-23-24(34)14-16(2)29(35)28(23)26(19)20-6-5-7-25(39-3)30(20)36/h5-12,14,21-22,26-27,36H,4,13,15H2,1-3H3. The van der Waals surface area contributed by atoms with Crippen LogP contribution >= 0.6 is 0 Å². The Kier molecular flexibility index (Phi) is 5.90. The lowest BCUT2D eigenvalue weighted by Gasteiger charge is -2.42. The summed E-state index contributed by atoms with van der Waals surface area (Å²) in [7, 11) is 1.45. The molecule has 39 heavy (non-hydrogen) atoms. The Balaban J connectivity index is 1.48. The number of ketones is 2. The molecule has 2 aromatic carbocycles. The Morgan fingerprint density at radius 3 is 2.44 bits per heavy atom. The van der Waals surface area contributed by atoms with Crippen molar-refractivity contribution in [1.29, 1.82) is 0 Å². The number of phenols is 1. The Labute approximate surface area is 226 Å². The van der Waals surface area contributed by atoms with E-state index in [2.05, 4.69) is 0 Å². The maximum absolute atomic E-state index is 14.0. The minimum absolute atomic E-state index is 0.112. The average Bonchev–Trinajstić information content (AvgIpc) is 3.20. The molecular formula is C32H29NO6. The lowest BCUT2D eigenvalue weighted by atomic mass is 9.59. The molecule has 2 amide bonds. The fraction of sp³-hybridized carbons (Fsp3) is 0.312. The van der Waals surface area contributed by atoms with Gasteiger partial charge in [-0.15, -0.1) is 0 Å². The second-order valence-electron chi connectivity index (χ2n) is 10.7. The first kappa shape index (κ1) is 25.0. The number of methoxy groups -OCH3 is 1. The highest BCUT2D eigenvalue weighted by molar-refractivity contribution is 6.25. The lowest BCUT2D eigenvalue weighted by molar-refractivity contribution is -0.123. The summed E-state index contributed by atoms with van der Waals surface area (Å²) in [5, 5.41) is 11.1. The number of para-hydroxylation sites is 1. The number of aromatic hydroxyl groups is 1. The van der Waals surface area contributed by atoms with Crippen LogP contribution in [0.3, 0.4) is 0 Å². The molecule has 0 radical (unpaired) electrons. The van der Waals surface area contributed by atoms with Crippen molar-refractivity contribution in [3.63, 3.8) is 0 Å². The first-order chi connectivity index (χ1) is 18.8. The van der Waals surface area contributed by atoms with Crippen molar-refractivity contribution in [1.82, 2.24) is 0 Å². The van der Waals surface area contributed by atoms with Crippen LogP contribution in [-0.2, 0) is 25.6 Å². The summed E-state index contributed by atoms with van der Waals surface area (Å²) in [6.45, 7) is 3.66. The van der Waals surface area contributed by atoms with E-state index in [9.17, 15) is 24.3 Å². The van der Waals surface area contributed by atoms with Crippen LogP contribution in [0, 0.1) is 17.8 Å². The fourth-order valence-electron chi connectivity index (χ4n) is 6.79. The number of nitrogens with zero attached hydrogens (tertiary/aromatic N) is 1. The van der Waals surface area contributed by atoms with E-state index in [1.54, 1.807) is 37.3 Å². The number of phenolic OH excluding ortho intramolecular Hbond substituents is 1. The Morgan fingerprint density at radius 2 is 1.74 bits per heavy atom. The first-order valence-electron chi connectivity index (χ1n) is 13.3. The quantitative estimate of drug-likeness (QED) is 0.357. The molecule has 1 fully saturated rings. The Bertz CT molecular complexity index is 1540. The number of carbonyl (C=O) groups excluding carboxylic acids is 4. The van der Waals surface area contributed by atoms with Gasteiger partial charge in [0.05, 0.1) is 24.6 Å². The average molecular weight is 524 g/mol. The van der Waals surface area contributed by atoms with Crippen LogP contribution in [-0.4, -0.2) is 35.6 Å². The maximum Gasteiger partial charge on any atom is 0.238 e. The lowest BCUT2D eigenvalue weighted by Crippen LogP contribution is -2.39. The molecule has 4 aliphatic rings. The molecular weight excluding hydrogens is 494 g/mol. The predicted octanol–water partition coefficient (Wildman–Crippen LogP) is 4.60. The number of rotatable bonds is 4. The number of Topliss-reactive ketones (excluding diaryl/α,β-unsaturated/α-hetero) is 1. The summed E-state index contributed by atoms with van der Waals surface area (Å²) in [6.07, 6.45) is 4.67. The molecule has 7 heteroatoms. The maximum atomic E-state index is 14.0. The molecule has 1 heterocycles. The van der Waals surface area contributed by atoms with E-state index in [4.69, 9.17) is 4.74 Å². The van der Waals surface area contributed by atoms with Crippen LogP contribution < -0.4 is 9.64 Å². The van der Waals surface area contributed by atoms with Gasteiger partial charge in [0.15, 0.2) is 23.1 Å². The molecule has 3 aliphatic carbocycles. The first-order valence-corrected chi connectivity index (χ1v) is 13.3. The van der Waals surface area contributed by atoms with Gasteiger partial charge < -0.3 is 9.84 Å². The molecule has 4 atom stereocenters. The molecule has 198 valence electrons. The van der Waals surface area contributed by atoms with Gasteiger partial charge in [-0.3, -0.25) is 24.1 Å². The van der Waals surface area contributed by atoms with Gasteiger partial charge in [0.1, 0.15) is 0 Å². The highest BCUT2D eigenvalue weighted by Crippen LogP contribution is 2.57. The van der Waals surface area contributed by atoms with Crippen LogP contribution in [0.25, 0.3) is 0 Å². The second kappa shape index (κ2) is 9.19. The normalized spacial score (nSPS) is 26.2. The van der Waals surface area contributed by atoms with Gasteiger partial charge in [-0.2, -0.15) is 0 Å². The molecule has 0 saturated carbocycles. The van der Waals surface area contributed by atoms with Crippen molar-refractivity contribution in [2.24, 2.45) is 17.8 Å². The van der Waals surface area contributed by atoms with Gasteiger partial charge in [0, 0.05) is 28.2 Å². The smallest absolute Gasteiger partial charge is 0.238 e. The molecule has 4 unspecified atom stereocenters. The zero-order valence-electron chi connectivity index (χ0n) is 22.1. The zero-order chi connectivity index (χ0) is 27.6. The Hall–Kier alpha value is -4.26. The molecule has 6 rings (SSSR count). The van der Waals surface area contributed by atoms with Crippen molar-refractivity contribution in [2.75, 3.05) is 12.0 Å². The summed E-state index contributed by atoms with van der Waals surface area (Å²) < 4.78 is 5.34. The topological polar surface area (TPSA) is 101 Å². The summed E-state index contributed by atoms with van der Waals surface area (Å²) in [5.41, 5.74) is 3.91. The number of anilines is 1. The highest BCUT2D eigenvalue weighted by atomic mass is 16.5. The van der Waals surface area contributed by atoms with E-state index < -0.39 is 23.7 Å². The molecule has 1 N–H and O–H groups in total. The molecule has 0 spiro atoms. The zero-order valence-corrected chi connectivity index (χ0v) is 22.1. The van der Waals surface area contributed by atoms with Crippen molar-refractivity contribution in [3.05, 3.63) is 88.0 Å². The molecule has 0 bridgehead atoms. The van der Waals surface area contributed by atoms with E-state index in [-0.39, 0.29) is 41.3 Å². The molecule has 2 aromatic rings. The summed E-state index contributed by atoms with van der Waals surface area (Å²) in [6, 6.07) is 12.5. The number of aryl methyl sites for hydroxylation is 1. The molecule has 7 nitrogen and oxygen atoms in total. The number of allylic oxidation sites excluding steroid dienone is 6. The van der Waals surface area contributed by atoms with E-state index in [1.165, 1.54) is 18.1 Å². The van der Waals surface area contributed by atoms with Crippen LogP contribution in [0.1, 0.15) is 43.7 Å². The number of fused-ring (bicyclic) bond motifs is 3. The molecule has 0 aromatic heterocycles. The molecule has 1 saturated heterocycles. The largest absolute Gasteiger partial charge is 0.504 e. The van der Waals surface area contributed by atoms with Gasteiger partial charge in [-0.25, -0.2) is 0 Å². The van der Waals surface area contributed by atoms with Crippen molar-refractivity contribution in [3.8, 4) is 11.5 Å². The van der Waals surface area contributed by atoms with Gasteiger partial charge in [-0.05, 0) is 61.9 Å². The SMILES string of the molecule is CCc1ccc(N2C(=O)C3CC=C4C(c5cccc(OC)c5O)C5=C(CC4C3C2=O)C(=O)C=C(C)C5=O)cc1. The van der Waals surface area contributed by atoms with Gasteiger partial charge in [0.2, 0.25) is 11.8 Å². The number of benzene rings is 2. The Morgan fingerprint density at radius 1 is 1.00 bits per heavy atom. The predicted molar refractivity (Wildman–Crippen MR) is 144 cm³/mol. The van der Waals surface area contributed by atoms with Crippen molar-refractivity contribution in [2.45, 2.75) is 39.0 Å². The van der Waals surface area contributed by atoms with Crippen molar-refractivity contribution < 1.29 is 29.0 Å². The van der Waals surface area contributed by atoms with Crippen LogP contribution in [0.4, 0.5) is 5.69 Å². The monoisotopic (exact) mass is 523 g/mol. The minimum Gasteiger partial charge on any atom is -0.504 e. The number of amides is 2. The van der Waals surface area contributed by atoms with E-state index >= 15 is 0 Å². The summed E-state index contributed by atoms with van der Waals surface area (Å²) in [5.74, 6) is -3.30. The molecule has 1 aliphatic heterocycles. The van der Waals surface area contributed by atoms with E-state index in [1.807, 2.05) is 25.1 Å². The van der Waals surface area contributed by atoms with Crippen LogP contribution in [0.2, 0.25) is 0 Å². The second-order valence-corrected chi connectivity index (χ2v) is 10.7. The summed E-state index contributed by atoms with van der Waals surface area (Å²) in [4.78, 5) is 55.6. The minimum atomic E-state index is -0.726. The van der Waals surface area contributed by atoms with Gasteiger partial charge in [0.25, 0.3) is 0 Å². The number of hydrogen-bond donors (Lipinski definition) is 1. The van der Waals surface area contributed by atoms with E-state index in [0.717, 1.165) is 17.6 Å². The van der Waals surface area contributed by atoms with E-state index in [0.29, 0.717) is 34.4 Å². The van der Waals surface area contributed by atoms with Crippen LogP contribution in [0.15, 0.2) is 76.9 Å². The number of imide groups is 1.